The first-order valence-electron chi connectivity index (χ1n) is 5.68. The van der Waals surface area contributed by atoms with Gasteiger partial charge in [0.1, 0.15) is 12.4 Å². The summed E-state index contributed by atoms with van der Waals surface area (Å²) in [6.07, 6.45) is 1.75. The largest absolute Gasteiger partial charge is 0.493 e. The van der Waals surface area contributed by atoms with Crippen molar-refractivity contribution in [1.29, 1.82) is 0 Å². The zero-order chi connectivity index (χ0) is 12.7. The summed E-state index contributed by atoms with van der Waals surface area (Å²) in [5.74, 6) is 0.564. The Hall–Kier alpha value is -0.870. The van der Waals surface area contributed by atoms with Crippen LogP contribution in [-0.2, 0) is 6.42 Å². The maximum Gasteiger partial charge on any atom is 0.188 e. The van der Waals surface area contributed by atoms with Crippen LogP contribution >= 0.6 is 15.9 Å². The van der Waals surface area contributed by atoms with Crippen molar-refractivity contribution in [2.75, 3.05) is 18.5 Å². The number of Topliss-reactive ketones (excluding diaryl/α,β-unsaturated/α-hetero) is 1. The number of hydrogen-bond donors (Lipinski definition) is 1. The Kier molecular flexibility index (Phi) is 6.22. The van der Waals surface area contributed by atoms with Crippen molar-refractivity contribution < 1.29 is 14.6 Å². The highest BCUT2D eigenvalue weighted by molar-refractivity contribution is 9.09. The van der Waals surface area contributed by atoms with Gasteiger partial charge in [-0.05, 0) is 36.6 Å². The summed E-state index contributed by atoms with van der Waals surface area (Å²) in [5, 5.41) is 9.72. The summed E-state index contributed by atoms with van der Waals surface area (Å²) in [4.78, 5) is 11.4. The number of alkyl halides is 1. The van der Waals surface area contributed by atoms with Crippen LogP contribution in [0.25, 0.3) is 0 Å². The van der Waals surface area contributed by atoms with Crippen molar-refractivity contribution in [2.24, 2.45) is 0 Å². The minimum absolute atomic E-state index is 0.258. The summed E-state index contributed by atoms with van der Waals surface area (Å²) in [6.45, 7) is 2.22. The summed E-state index contributed by atoms with van der Waals surface area (Å²) < 4.78 is 5.63. The Labute approximate surface area is 110 Å². The van der Waals surface area contributed by atoms with E-state index in [1.165, 1.54) is 0 Å². The van der Waals surface area contributed by atoms with E-state index < -0.39 is 6.61 Å². The number of ketones is 1. The number of carbonyl (C=O) groups is 1. The molecule has 0 aliphatic carbocycles. The molecule has 0 aromatic heterocycles. The fourth-order valence-corrected chi connectivity index (χ4v) is 1.73. The Bertz CT molecular complexity index is 377. The van der Waals surface area contributed by atoms with Gasteiger partial charge in [0.15, 0.2) is 5.78 Å². The molecule has 0 aliphatic heterocycles. The molecule has 1 N–H and O–H groups in total. The summed E-state index contributed by atoms with van der Waals surface area (Å²) in [7, 11) is 0. The van der Waals surface area contributed by atoms with E-state index in [-0.39, 0.29) is 5.78 Å². The zero-order valence-electron chi connectivity index (χ0n) is 9.91. The Morgan fingerprint density at radius 1 is 1.47 bits per heavy atom. The zero-order valence-corrected chi connectivity index (χ0v) is 11.5. The molecular weight excluding hydrogens is 284 g/mol. The van der Waals surface area contributed by atoms with Gasteiger partial charge in [0.25, 0.3) is 0 Å². The van der Waals surface area contributed by atoms with E-state index in [9.17, 15) is 4.79 Å². The Balaban J connectivity index is 2.81. The minimum Gasteiger partial charge on any atom is -0.493 e. The van der Waals surface area contributed by atoms with Gasteiger partial charge < -0.3 is 9.84 Å². The van der Waals surface area contributed by atoms with Gasteiger partial charge in [0, 0.05) is 10.9 Å². The molecule has 0 bridgehead atoms. The first-order chi connectivity index (χ1) is 8.22. The molecule has 0 heterocycles. The highest BCUT2D eigenvalue weighted by Crippen LogP contribution is 2.21. The lowest BCUT2D eigenvalue weighted by atomic mass is 10.0. The SMILES string of the molecule is CCc1cc(C(=O)CO)ccc1OCCCBr. The fourth-order valence-electron chi connectivity index (χ4n) is 1.50. The van der Waals surface area contributed by atoms with Gasteiger partial charge in [-0.2, -0.15) is 0 Å². The Morgan fingerprint density at radius 3 is 2.82 bits per heavy atom. The number of aryl methyl sites for hydroxylation is 1. The van der Waals surface area contributed by atoms with E-state index in [0.29, 0.717) is 12.2 Å². The van der Waals surface area contributed by atoms with Crippen molar-refractivity contribution in [1.82, 2.24) is 0 Å². The average molecular weight is 301 g/mol. The number of aliphatic hydroxyl groups is 1. The number of carbonyl (C=O) groups excluding carboxylic acids is 1. The van der Waals surface area contributed by atoms with Gasteiger partial charge in [-0.15, -0.1) is 0 Å². The standard InChI is InChI=1S/C13H17BrO3/c1-2-10-8-11(12(16)9-15)4-5-13(10)17-7-3-6-14/h4-5,8,15H,2-3,6-7,9H2,1H3. The van der Waals surface area contributed by atoms with Gasteiger partial charge in [-0.3, -0.25) is 4.79 Å². The van der Waals surface area contributed by atoms with Crippen molar-refractivity contribution in [3.05, 3.63) is 29.3 Å². The third kappa shape index (κ3) is 4.13. The number of halogens is 1. The van der Waals surface area contributed by atoms with Crippen LogP contribution in [-0.4, -0.2) is 29.4 Å². The first-order valence-corrected chi connectivity index (χ1v) is 6.80. The molecule has 0 saturated heterocycles. The lowest BCUT2D eigenvalue weighted by Gasteiger charge is -2.11. The number of rotatable bonds is 7. The second-order valence-corrected chi connectivity index (χ2v) is 4.44. The highest BCUT2D eigenvalue weighted by Gasteiger charge is 2.08. The molecule has 0 unspecified atom stereocenters. The highest BCUT2D eigenvalue weighted by atomic mass is 79.9. The fraction of sp³-hybridized carbons (Fsp3) is 0.462. The molecule has 17 heavy (non-hydrogen) atoms. The predicted molar refractivity (Wildman–Crippen MR) is 71.1 cm³/mol. The molecule has 0 atom stereocenters. The Morgan fingerprint density at radius 2 is 2.24 bits per heavy atom. The van der Waals surface area contributed by atoms with Crippen LogP contribution in [0.3, 0.4) is 0 Å². The molecule has 0 fully saturated rings. The lowest BCUT2D eigenvalue weighted by molar-refractivity contribution is 0.0903. The van der Waals surface area contributed by atoms with Crippen molar-refractivity contribution in [3.63, 3.8) is 0 Å². The van der Waals surface area contributed by atoms with E-state index in [1.54, 1.807) is 18.2 Å². The van der Waals surface area contributed by atoms with E-state index in [0.717, 1.165) is 29.5 Å². The predicted octanol–water partition coefficient (Wildman–Crippen LogP) is 2.59. The maximum atomic E-state index is 11.4. The number of aliphatic hydroxyl groups excluding tert-OH is 1. The molecule has 94 valence electrons. The van der Waals surface area contributed by atoms with E-state index in [4.69, 9.17) is 9.84 Å². The number of hydrogen-bond acceptors (Lipinski definition) is 3. The smallest absolute Gasteiger partial charge is 0.188 e. The van der Waals surface area contributed by atoms with Crippen LogP contribution in [0.4, 0.5) is 0 Å². The molecular formula is C13H17BrO3. The molecule has 3 nitrogen and oxygen atoms in total. The molecule has 1 rings (SSSR count). The molecule has 0 radical (unpaired) electrons. The molecule has 0 amide bonds. The van der Waals surface area contributed by atoms with Crippen LogP contribution in [0, 0.1) is 0 Å². The average Bonchev–Trinajstić information content (AvgIpc) is 2.38. The third-order valence-electron chi connectivity index (χ3n) is 2.44. The monoisotopic (exact) mass is 300 g/mol. The summed E-state index contributed by atoms with van der Waals surface area (Å²) in [5.41, 5.74) is 1.54. The van der Waals surface area contributed by atoms with Crippen molar-refractivity contribution in [3.8, 4) is 5.75 Å². The quantitative estimate of drug-likeness (QED) is 0.478. The minimum atomic E-state index is -0.451. The molecule has 4 heteroatoms. The molecule has 0 spiro atoms. The second kappa shape index (κ2) is 7.45. The van der Waals surface area contributed by atoms with Gasteiger partial charge in [0.05, 0.1) is 6.61 Å². The lowest BCUT2D eigenvalue weighted by Crippen LogP contribution is -2.06. The maximum absolute atomic E-state index is 11.4. The van der Waals surface area contributed by atoms with Crippen molar-refractivity contribution >= 4 is 21.7 Å². The van der Waals surface area contributed by atoms with Crippen LogP contribution < -0.4 is 4.74 Å². The van der Waals surface area contributed by atoms with Gasteiger partial charge in [-0.1, -0.05) is 22.9 Å². The van der Waals surface area contributed by atoms with Gasteiger partial charge in [-0.25, -0.2) is 0 Å². The summed E-state index contributed by atoms with van der Waals surface area (Å²) >= 11 is 3.35. The molecule has 0 saturated carbocycles. The van der Waals surface area contributed by atoms with Crippen LogP contribution in [0.15, 0.2) is 18.2 Å². The van der Waals surface area contributed by atoms with Gasteiger partial charge >= 0.3 is 0 Å². The van der Waals surface area contributed by atoms with Crippen LogP contribution in [0.2, 0.25) is 0 Å². The first kappa shape index (κ1) is 14.2. The molecule has 0 aliphatic rings. The van der Waals surface area contributed by atoms with E-state index >= 15 is 0 Å². The van der Waals surface area contributed by atoms with E-state index in [1.807, 2.05) is 6.92 Å². The normalized spacial score (nSPS) is 10.3. The summed E-state index contributed by atoms with van der Waals surface area (Å²) in [6, 6.07) is 5.29. The van der Waals surface area contributed by atoms with E-state index in [2.05, 4.69) is 15.9 Å². The number of benzene rings is 1. The van der Waals surface area contributed by atoms with Crippen molar-refractivity contribution in [2.45, 2.75) is 19.8 Å². The van der Waals surface area contributed by atoms with Gasteiger partial charge in [0.2, 0.25) is 0 Å². The number of ether oxygens (including phenoxy) is 1. The van der Waals surface area contributed by atoms with Crippen LogP contribution in [0.1, 0.15) is 29.3 Å². The third-order valence-corrected chi connectivity index (χ3v) is 3.00. The molecule has 1 aromatic rings. The molecule has 1 aromatic carbocycles. The van der Waals surface area contributed by atoms with Crippen LogP contribution in [0.5, 0.6) is 5.75 Å². The topological polar surface area (TPSA) is 46.5 Å². The second-order valence-electron chi connectivity index (χ2n) is 3.65.